The van der Waals surface area contributed by atoms with Gasteiger partial charge in [0.25, 0.3) is 0 Å². The molecule has 1 atom stereocenters. The van der Waals surface area contributed by atoms with E-state index in [0.717, 1.165) is 48.3 Å². The molecule has 1 aliphatic rings. The van der Waals surface area contributed by atoms with Crippen LogP contribution >= 0.6 is 0 Å². The molecule has 0 saturated heterocycles. The Bertz CT molecular complexity index is 1030. The number of benzene rings is 2. The molecule has 1 amide bonds. The van der Waals surface area contributed by atoms with Gasteiger partial charge in [0, 0.05) is 25.2 Å². The van der Waals surface area contributed by atoms with Crippen molar-refractivity contribution in [2.24, 2.45) is 11.1 Å². The number of carbonyl (C=O) groups is 1. The highest BCUT2D eigenvalue weighted by Gasteiger charge is 2.34. The molecule has 1 unspecified atom stereocenters. The third kappa shape index (κ3) is 6.92. The summed E-state index contributed by atoms with van der Waals surface area (Å²) in [6, 6.07) is 10.1. The van der Waals surface area contributed by atoms with E-state index in [9.17, 15) is 18.0 Å². The van der Waals surface area contributed by atoms with Crippen molar-refractivity contribution in [2.45, 2.75) is 78.9 Å². The van der Waals surface area contributed by atoms with E-state index in [2.05, 4.69) is 17.0 Å². The van der Waals surface area contributed by atoms with Gasteiger partial charge in [0.2, 0.25) is 5.91 Å². The predicted molar refractivity (Wildman–Crippen MR) is 134 cm³/mol. The molecule has 0 aromatic heterocycles. The number of fused-ring (bicyclic) bond motifs is 1. The predicted octanol–water partition coefficient (Wildman–Crippen LogP) is 6.59. The molecule has 0 bridgehead atoms. The minimum Gasteiger partial charge on any atom is -0.494 e. The van der Waals surface area contributed by atoms with Crippen LogP contribution in [0.2, 0.25) is 0 Å². The summed E-state index contributed by atoms with van der Waals surface area (Å²) < 4.78 is 42.6. The second-order valence-electron chi connectivity index (χ2n) is 10.7. The van der Waals surface area contributed by atoms with Crippen LogP contribution in [-0.4, -0.2) is 25.2 Å². The zero-order chi connectivity index (χ0) is 26.0. The number of nitrogens with two attached hydrogens (primary N) is 1. The number of primary amides is 1. The van der Waals surface area contributed by atoms with Crippen LogP contribution in [0, 0.1) is 19.3 Å². The van der Waals surface area contributed by atoms with E-state index in [1.165, 1.54) is 11.1 Å². The van der Waals surface area contributed by atoms with Gasteiger partial charge in [0.1, 0.15) is 5.75 Å². The summed E-state index contributed by atoms with van der Waals surface area (Å²) in [6.07, 6.45) is -3.19. The maximum Gasteiger partial charge on any atom is 0.389 e. The van der Waals surface area contributed by atoms with Crippen molar-refractivity contribution in [2.75, 3.05) is 18.1 Å². The Balaban J connectivity index is 1.78. The fourth-order valence-electron chi connectivity index (χ4n) is 5.10. The van der Waals surface area contributed by atoms with Gasteiger partial charge in [0.15, 0.2) is 0 Å². The van der Waals surface area contributed by atoms with Crippen LogP contribution in [0.25, 0.3) is 0 Å². The zero-order valence-corrected chi connectivity index (χ0v) is 21.4. The standard InChI is InChI=1S/C28H37F3N2O2/c1-18-14-22(15-19(2)24(18)25(26(32)34)27(3,4)5)33-12-6-8-20-16-23(10-9-21(20)17-33)35-13-7-11-28(29,30)31/h9-10,14-16,25H,6-8,11-13,17H2,1-5H3,(H2,32,34). The van der Waals surface area contributed by atoms with Crippen LogP contribution in [0.1, 0.15) is 73.8 Å². The maximum absolute atomic E-state index is 12.3. The highest BCUT2D eigenvalue weighted by molar-refractivity contribution is 5.84. The number of halogens is 3. The van der Waals surface area contributed by atoms with Crippen molar-refractivity contribution in [3.8, 4) is 5.75 Å². The number of hydrogen-bond donors (Lipinski definition) is 1. The van der Waals surface area contributed by atoms with Gasteiger partial charge in [0.05, 0.1) is 12.5 Å². The van der Waals surface area contributed by atoms with E-state index >= 15 is 0 Å². The summed E-state index contributed by atoms with van der Waals surface area (Å²) in [4.78, 5) is 14.7. The molecule has 4 nitrogen and oxygen atoms in total. The van der Waals surface area contributed by atoms with Gasteiger partial charge in [-0.15, -0.1) is 0 Å². The number of hydrogen-bond acceptors (Lipinski definition) is 3. The average Bonchev–Trinajstić information content (AvgIpc) is 2.93. The van der Waals surface area contributed by atoms with E-state index in [0.29, 0.717) is 5.75 Å². The molecule has 7 heteroatoms. The van der Waals surface area contributed by atoms with Crippen molar-refractivity contribution < 1.29 is 22.7 Å². The second-order valence-corrected chi connectivity index (χ2v) is 10.7. The summed E-state index contributed by atoms with van der Waals surface area (Å²) in [7, 11) is 0. The Hall–Kier alpha value is -2.70. The summed E-state index contributed by atoms with van der Waals surface area (Å²) >= 11 is 0. The van der Waals surface area contributed by atoms with E-state index in [4.69, 9.17) is 10.5 Å². The molecule has 2 aromatic carbocycles. The molecule has 2 aromatic rings. The Morgan fingerprint density at radius 1 is 1.09 bits per heavy atom. The minimum absolute atomic E-state index is 0.0467. The fourth-order valence-corrected chi connectivity index (χ4v) is 5.10. The van der Waals surface area contributed by atoms with E-state index in [1.54, 1.807) is 0 Å². The van der Waals surface area contributed by atoms with Gasteiger partial charge in [-0.2, -0.15) is 13.2 Å². The number of amides is 1. The van der Waals surface area contributed by atoms with Crippen LogP contribution in [0.5, 0.6) is 5.75 Å². The van der Waals surface area contributed by atoms with Crippen molar-refractivity contribution in [1.29, 1.82) is 0 Å². The molecule has 2 N–H and O–H groups in total. The van der Waals surface area contributed by atoms with Crippen LogP contribution in [0.15, 0.2) is 30.3 Å². The van der Waals surface area contributed by atoms with E-state index < -0.39 is 12.6 Å². The SMILES string of the molecule is Cc1cc(N2CCCc3cc(OCCCC(F)(F)F)ccc3C2)cc(C)c1C(C(N)=O)C(C)(C)C. The number of nitrogens with zero attached hydrogens (tertiary/aromatic N) is 1. The van der Waals surface area contributed by atoms with Crippen molar-refractivity contribution >= 4 is 11.6 Å². The van der Waals surface area contributed by atoms with Gasteiger partial charge in [-0.3, -0.25) is 4.79 Å². The summed E-state index contributed by atoms with van der Waals surface area (Å²) in [5.74, 6) is -0.0531. The Morgan fingerprint density at radius 2 is 1.74 bits per heavy atom. The lowest BCUT2D eigenvalue weighted by molar-refractivity contribution is -0.136. The monoisotopic (exact) mass is 490 g/mol. The molecule has 0 radical (unpaired) electrons. The third-order valence-corrected chi connectivity index (χ3v) is 6.67. The Labute approximate surface area is 206 Å². The quantitative estimate of drug-likeness (QED) is 0.445. The molecule has 0 spiro atoms. The lowest BCUT2D eigenvalue weighted by atomic mass is 9.73. The second kappa shape index (κ2) is 10.5. The fraction of sp³-hybridized carbons (Fsp3) is 0.536. The van der Waals surface area contributed by atoms with Gasteiger partial charge >= 0.3 is 6.18 Å². The van der Waals surface area contributed by atoms with Crippen molar-refractivity contribution in [1.82, 2.24) is 0 Å². The van der Waals surface area contributed by atoms with Crippen LogP contribution in [0.4, 0.5) is 18.9 Å². The topological polar surface area (TPSA) is 55.6 Å². The molecule has 0 saturated carbocycles. The smallest absolute Gasteiger partial charge is 0.389 e. The molecular formula is C28H37F3N2O2. The van der Waals surface area contributed by atoms with Crippen molar-refractivity contribution in [3.63, 3.8) is 0 Å². The summed E-state index contributed by atoms with van der Waals surface area (Å²) in [5.41, 5.74) is 12.1. The molecule has 0 aliphatic carbocycles. The van der Waals surface area contributed by atoms with Gasteiger partial charge in [-0.25, -0.2) is 0 Å². The number of carbonyl (C=O) groups excluding carboxylic acids is 1. The molecule has 35 heavy (non-hydrogen) atoms. The number of ether oxygens (including phenoxy) is 1. The first kappa shape index (κ1) is 26.9. The van der Waals surface area contributed by atoms with Crippen LogP contribution in [-0.2, 0) is 17.8 Å². The first-order valence-corrected chi connectivity index (χ1v) is 12.2. The Morgan fingerprint density at radius 3 is 2.31 bits per heavy atom. The van der Waals surface area contributed by atoms with Crippen LogP contribution in [0.3, 0.4) is 0 Å². The third-order valence-electron chi connectivity index (χ3n) is 6.67. The van der Waals surface area contributed by atoms with Crippen LogP contribution < -0.4 is 15.4 Å². The molecule has 3 rings (SSSR count). The molecule has 0 fully saturated rings. The molecule has 1 aliphatic heterocycles. The molecular weight excluding hydrogens is 453 g/mol. The van der Waals surface area contributed by atoms with Gasteiger partial charge < -0.3 is 15.4 Å². The molecule has 1 heterocycles. The number of anilines is 1. The number of aryl methyl sites for hydroxylation is 3. The highest BCUT2D eigenvalue weighted by Crippen LogP contribution is 2.40. The number of alkyl halides is 3. The Kier molecular flexibility index (Phi) is 8.07. The summed E-state index contributed by atoms with van der Waals surface area (Å²) in [6.45, 7) is 11.9. The summed E-state index contributed by atoms with van der Waals surface area (Å²) in [5, 5.41) is 0. The normalized spacial score (nSPS) is 15.4. The molecule has 192 valence electrons. The van der Waals surface area contributed by atoms with Crippen molar-refractivity contribution in [3.05, 3.63) is 58.1 Å². The highest BCUT2D eigenvalue weighted by atomic mass is 19.4. The lowest BCUT2D eigenvalue weighted by Crippen LogP contribution is -2.33. The number of rotatable bonds is 7. The lowest BCUT2D eigenvalue weighted by Gasteiger charge is -2.32. The average molecular weight is 491 g/mol. The minimum atomic E-state index is -4.15. The zero-order valence-electron chi connectivity index (χ0n) is 21.4. The largest absolute Gasteiger partial charge is 0.494 e. The van der Waals surface area contributed by atoms with Gasteiger partial charge in [-0.05, 0) is 90.6 Å². The first-order chi connectivity index (χ1) is 16.3. The first-order valence-electron chi connectivity index (χ1n) is 12.2. The van der Waals surface area contributed by atoms with E-state index in [-0.39, 0.29) is 30.3 Å². The van der Waals surface area contributed by atoms with E-state index in [1.807, 2.05) is 52.8 Å². The van der Waals surface area contributed by atoms with Gasteiger partial charge in [-0.1, -0.05) is 26.8 Å². The maximum atomic E-state index is 12.3.